The number of aromatic nitrogens is 4. The largest absolute Gasteiger partial charge is 0.332 e. The maximum Gasteiger partial charge on any atom is 0.332 e. The molecular formula is C10H16N6O2. The van der Waals surface area contributed by atoms with Crippen LogP contribution in [0.15, 0.2) is 9.59 Å². The van der Waals surface area contributed by atoms with E-state index in [-0.39, 0.29) is 11.2 Å². The minimum absolute atomic E-state index is 0.324. The van der Waals surface area contributed by atoms with Gasteiger partial charge in [-0.3, -0.25) is 19.4 Å². The molecule has 0 saturated carbocycles. The second kappa shape index (κ2) is 4.30. The molecule has 0 radical (unpaired) electrons. The van der Waals surface area contributed by atoms with Gasteiger partial charge in [0.05, 0.1) is 0 Å². The van der Waals surface area contributed by atoms with Crippen LogP contribution in [-0.2, 0) is 20.1 Å². The molecule has 2 heterocycles. The van der Waals surface area contributed by atoms with Crippen LogP contribution >= 0.6 is 0 Å². The van der Waals surface area contributed by atoms with Crippen LogP contribution in [0.3, 0.4) is 0 Å². The summed E-state index contributed by atoms with van der Waals surface area (Å²) in [5.74, 6) is 5.68. The standard InChI is InChI=1S/C10H16N6O2/c1-4-15-7-6(14(3)9(12-7)13-11)8(17)16(5-2)10(15)18/h4-5,11H2,1-3H3,(H,12,13). The Labute approximate surface area is 103 Å². The molecule has 0 aromatic carbocycles. The van der Waals surface area contributed by atoms with E-state index in [0.717, 1.165) is 0 Å². The third-order valence-electron chi connectivity index (χ3n) is 3.00. The summed E-state index contributed by atoms with van der Waals surface area (Å²) in [6.07, 6.45) is 0. The maximum atomic E-state index is 12.2. The van der Waals surface area contributed by atoms with Crippen molar-refractivity contribution < 1.29 is 0 Å². The third-order valence-corrected chi connectivity index (χ3v) is 3.00. The monoisotopic (exact) mass is 252 g/mol. The first kappa shape index (κ1) is 12.4. The first-order valence-corrected chi connectivity index (χ1v) is 5.73. The Bertz CT molecular complexity index is 708. The first-order valence-electron chi connectivity index (χ1n) is 5.73. The van der Waals surface area contributed by atoms with Gasteiger partial charge in [-0.15, -0.1) is 0 Å². The quantitative estimate of drug-likeness (QED) is 0.551. The number of hydrogen-bond donors (Lipinski definition) is 2. The zero-order chi connectivity index (χ0) is 13.4. The van der Waals surface area contributed by atoms with E-state index >= 15 is 0 Å². The van der Waals surface area contributed by atoms with E-state index in [1.54, 1.807) is 18.5 Å². The summed E-state index contributed by atoms with van der Waals surface area (Å²) in [6.45, 7) is 4.35. The van der Waals surface area contributed by atoms with Gasteiger partial charge >= 0.3 is 5.69 Å². The third kappa shape index (κ3) is 1.46. The lowest BCUT2D eigenvalue weighted by atomic mass is 10.4. The zero-order valence-corrected chi connectivity index (χ0v) is 10.6. The molecule has 2 aromatic heterocycles. The van der Waals surface area contributed by atoms with Gasteiger partial charge < -0.3 is 4.57 Å². The molecule has 0 saturated heterocycles. The van der Waals surface area contributed by atoms with Crippen molar-refractivity contribution in [2.24, 2.45) is 12.9 Å². The number of hydrazine groups is 1. The maximum absolute atomic E-state index is 12.2. The molecule has 98 valence electrons. The van der Waals surface area contributed by atoms with Gasteiger partial charge in [-0.1, -0.05) is 0 Å². The van der Waals surface area contributed by atoms with E-state index in [1.165, 1.54) is 9.13 Å². The summed E-state index contributed by atoms with van der Waals surface area (Å²) in [5, 5.41) is 0. The molecule has 0 aliphatic rings. The molecule has 2 aromatic rings. The highest BCUT2D eigenvalue weighted by Gasteiger charge is 2.17. The molecule has 18 heavy (non-hydrogen) atoms. The fourth-order valence-electron chi connectivity index (χ4n) is 2.06. The van der Waals surface area contributed by atoms with E-state index in [4.69, 9.17) is 5.84 Å². The molecular weight excluding hydrogens is 236 g/mol. The Morgan fingerprint density at radius 3 is 2.33 bits per heavy atom. The number of nitrogens with two attached hydrogens (primary N) is 1. The Morgan fingerprint density at radius 2 is 1.83 bits per heavy atom. The number of fused-ring (bicyclic) bond motifs is 1. The van der Waals surface area contributed by atoms with Crippen LogP contribution in [0.25, 0.3) is 11.2 Å². The minimum Gasteiger partial charge on any atom is -0.306 e. The number of anilines is 1. The van der Waals surface area contributed by atoms with Crippen LogP contribution < -0.4 is 22.5 Å². The Balaban J connectivity index is 3.07. The number of aryl methyl sites for hydroxylation is 2. The molecule has 0 fully saturated rings. The molecule has 0 aliphatic carbocycles. The summed E-state index contributed by atoms with van der Waals surface area (Å²) in [7, 11) is 1.68. The van der Waals surface area contributed by atoms with Crippen molar-refractivity contribution in [1.29, 1.82) is 0 Å². The van der Waals surface area contributed by atoms with Crippen LogP contribution in [0, 0.1) is 0 Å². The van der Waals surface area contributed by atoms with E-state index in [1.807, 2.05) is 6.92 Å². The highest BCUT2D eigenvalue weighted by atomic mass is 16.2. The summed E-state index contributed by atoms with van der Waals surface area (Å²) >= 11 is 0. The number of nitrogens with one attached hydrogen (secondary N) is 1. The van der Waals surface area contributed by atoms with E-state index in [9.17, 15) is 9.59 Å². The fraction of sp³-hybridized carbons (Fsp3) is 0.500. The van der Waals surface area contributed by atoms with Gasteiger partial charge in [-0.2, -0.15) is 4.98 Å². The molecule has 8 nitrogen and oxygen atoms in total. The summed E-state index contributed by atoms with van der Waals surface area (Å²) in [6, 6.07) is 0. The first-order chi connectivity index (χ1) is 8.56. The predicted octanol–water partition coefficient (Wildman–Crippen LogP) is -0.778. The number of rotatable bonds is 3. The van der Waals surface area contributed by atoms with Gasteiger partial charge in [0.25, 0.3) is 5.56 Å². The average molecular weight is 252 g/mol. The SMILES string of the molecule is CCn1c(=O)c2c(nc(NN)n2C)n(CC)c1=O. The molecule has 2 rings (SSSR count). The number of nitrogens with zero attached hydrogens (tertiary/aromatic N) is 4. The van der Waals surface area contributed by atoms with E-state index in [2.05, 4.69) is 10.4 Å². The average Bonchev–Trinajstić information content (AvgIpc) is 2.68. The highest BCUT2D eigenvalue weighted by Crippen LogP contribution is 2.12. The van der Waals surface area contributed by atoms with Crippen LogP contribution in [0.4, 0.5) is 5.95 Å². The summed E-state index contributed by atoms with van der Waals surface area (Å²) in [4.78, 5) is 28.5. The van der Waals surface area contributed by atoms with Gasteiger partial charge in [0.15, 0.2) is 11.2 Å². The number of nitrogen functional groups attached to an aromatic ring is 1. The highest BCUT2D eigenvalue weighted by molar-refractivity contribution is 5.74. The smallest absolute Gasteiger partial charge is 0.306 e. The van der Waals surface area contributed by atoms with Crippen molar-refractivity contribution in [2.75, 3.05) is 5.43 Å². The lowest BCUT2D eigenvalue weighted by Crippen LogP contribution is -2.39. The molecule has 0 amide bonds. The zero-order valence-electron chi connectivity index (χ0n) is 10.6. The van der Waals surface area contributed by atoms with Gasteiger partial charge in [0, 0.05) is 20.1 Å². The molecule has 0 aliphatic heterocycles. The summed E-state index contributed by atoms with van der Waals surface area (Å²) < 4.78 is 4.20. The van der Waals surface area contributed by atoms with Gasteiger partial charge in [-0.25, -0.2) is 10.6 Å². The van der Waals surface area contributed by atoms with Crippen LogP contribution in [0.5, 0.6) is 0 Å². The number of imidazole rings is 1. The molecule has 3 N–H and O–H groups in total. The molecule has 0 bridgehead atoms. The van der Waals surface area contributed by atoms with E-state index < -0.39 is 0 Å². The lowest BCUT2D eigenvalue weighted by Gasteiger charge is -2.07. The Kier molecular flexibility index (Phi) is 2.95. The van der Waals surface area contributed by atoms with Gasteiger partial charge in [0.1, 0.15) is 0 Å². The predicted molar refractivity (Wildman–Crippen MR) is 68.4 cm³/mol. The fourth-order valence-corrected chi connectivity index (χ4v) is 2.06. The van der Waals surface area contributed by atoms with Crippen molar-refractivity contribution in [3.8, 4) is 0 Å². The second-order valence-electron chi connectivity index (χ2n) is 3.89. The topological polar surface area (TPSA) is 99.9 Å². The van der Waals surface area contributed by atoms with Crippen LogP contribution in [0.1, 0.15) is 13.8 Å². The molecule has 0 spiro atoms. The summed E-state index contributed by atoms with van der Waals surface area (Å²) in [5.41, 5.74) is 2.43. The molecule has 0 unspecified atom stereocenters. The minimum atomic E-state index is -0.348. The van der Waals surface area contributed by atoms with Crippen molar-refractivity contribution in [1.82, 2.24) is 18.7 Å². The van der Waals surface area contributed by atoms with Crippen molar-refractivity contribution in [3.63, 3.8) is 0 Å². The van der Waals surface area contributed by atoms with Crippen molar-refractivity contribution in [2.45, 2.75) is 26.9 Å². The van der Waals surface area contributed by atoms with Crippen LogP contribution in [-0.4, -0.2) is 18.7 Å². The van der Waals surface area contributed by atoms with Gasteiger partial charge in [0.2, 0.25) is 5.95 Å². The van der Waals surface area contributed by atoms with Crippen molar-refractivity contribution >= 4 is 17.1 Å². The number of hydrogen-bond acceptors (Lipinski definition) is 5. The van der Waals surface area contributed by atoms with Crippen molar-refractivity contribution in [3.05, 3.63) is 20.8 Å². The normalized spacial score (nSPS) is 11.1. The Hall–Kier alpha value is -2.09. The lowest BCUT2D eigenvalue weighted by molar-refractivity contribution is 0.604. The molecule has 0 atom stereocenters. The van der Waals surface area contributed by atoms with E-state index in [0.29, 0.717) is 30.2 Å². The Morgan fingerprint density at radius 1 is 1.22 bits per heavy atom. The van der Waals surface area contributed by atoms with Gasteiger partial charge in [-0.05, 0) is 13.8 Å². The molecule has 8 heteroatoms. The second-order valence-corrected chi connectivity index (χ2v) is 3.89. The van der Waals surface area contributed by atoms with Crippen LogP contribution in [0.2, 0.25) is 0 Å².